The minimum Gasteiger partial charge on any atom is -0.491 e. The highest BCUT2D eigenvalue weighted by Gasteiger charge is 2.47. The quantitative estimate of drug-likeness (QED) is 0.605. The molecule has 0 aliphatic carbocycles. The van der Waals surface area contributed by atoms with E-state index in [4.69, 9.17) is 4.74 Å². The lowest BCUT2D eigenvalue weighted by molar-refractivity contribution is -0.151. The number of hydrogen-bond acceptors (Lipinski definition) is 5. The van der Waals surface area contributed by atoms with Crippen molar-refractivity contribution in [2.75, 3.05) is 14.2 Å². The number of nitrogens with zero attached hydrogens (tertiary/aromatic N) is 1. The molecule has 1 aromatic rings. The van der Waals surface area contributed by atoms with Crippen LogP contribution in [-0.2, 0) is 17.1 Å². The number of hydrogen-bond donors (Lipinski definition) is 0. The Bertz CT molecular complexity index is 624. The zero-order valence-corrected chi connectivity index (χ0v) is 12.9. The van der Waals surface area contributed by atoms with Gasteiger partial charge in [-0.15, -0.1) is 0 Å². The van der Waals surface area contributed by atoms with Crippen LogP contribution >= 0.6 is 0 Å². The smallest absolute Gasteiger partial charge is 0.437 e. The highest BCUT2D eigenvalue weighted by Crippen LogP contribution is 2.46. The first kappa shape index (κ1) is 19.8. The molecule has 0 fully saturated rings. The summed E-state index contributed by atoms with van der Waals surface area (Å²) >= 11 is 0. The van der Waals surface area contributed by atoms with Crippen molar-refractivity contribution in [1.82, 2.24) is 4.98 Å². The van der Waals surface area contributed by atoms with Crippen LogP contribution in [0.2, 0.25) is 0 Å². The van der Waals surface area contributed by atoms with Gasteiger partial charge in [0.05, 0.1) is 20.3 Å². The molecule has 0 aliphatic rings. The number of methoxy groups -OCH3 is 2. The molecule has 0 amide bonds. The van der Waals surface area contributed by atoms with Crippen LogP contribution in [0.15, 0.2) is 0 Å². The number of esters is 1. The van der Waals surface area contributed by atoms with Crippen LogP contribution < -0.4 is 9.47 Å². The van der Waals surface area contributed by atoms with E-state index >= 15 is 0 Å². The molecular formula is C13H13F6NO4. The van der Waals surface area contributed by atoms with Gasteiger partial charge in [-0.25, -0.2) is 9.78 Å². The number of carbonyl (C=O) groups is 1. The molecule has 0 aromatic carbocycles. The van der Waals surface area contributed by atoms with Crippen molar-refractivity contribution in [3.05, 3.63) is 17.0 Å². The number of ether oxygens (including phenoxy) is 3. The Kier molecular flexibility index (Phi) is 5.57. The Hall–Kier alpha value is -2.20. The van der Waals surface area contributed by atoms with Crippen LogP contribution in [0.5, 0.6) is 11.5 Å². The minimum atomic E-state index is -5.36. The molecule has 24 heavy (non-hydrogen) atoms. The van der Waals surface area contributed by atoms with Gasteiger partial charge in [0, 0.05) is 0 Å². The third-order valence-electron chi connectivity index (χ3n) is 2.59. The van der Waals surface area contributed by atoms with Crippen LogP contribution in [0.3, 0.4) is 0 Å². The molecule has 1 aromatic heterocycles. The monoisotopic (exact) mass is 361 g/mol. The number of halogens is 6. The molecule has 0 spiro atoms. The lowest BCUT2D eigenvalue weighted by Gasteiger charge is -2.22. The minimum absolute atomic E-state index is 0.770. The second-order valence-corrected chi connectivity index (χ2v) is 4.70. The fourth-order valence-electron chi connectivity index (χ4n) is 1.77. The first-order chi connectivity index (χ1) is 10.8. The normalized spacial score (nSPS) is 12.3. The van der Waals surface area contributed by atoms with Crippen LogP contribution in [0, 0.1) is 0 Å². The number of aromatic nitrogens is 1. The number of alkyl halides is 6. The van der Waals surface area contributed by atoms with E-state index in [1.54, 1.807) is 0 Å². The van der Waals surface area contributed by atoms with Crippen molar-refractivity contribution in [2.24, 2.45) is 0 Å². The first-order valence-electron chi connectivity index (χ1n) is 6.35. The van der Waals surface area contributed by atoms with Gasteiger partial charge in [-0.2, -0.15) is 26.3 Å². The Labute approximate surface area is 132 Å². The Balaban J connectivity index is 3.99. The second kappa shape index (κ2) is 6.73. The summed E-state index contributed by atoms with van der Waals surface area (Å²) in [7, 11) is 1.56. The van der Waals surface area contributed by atoms with Gasteiger partial charge >= 0.3 is 18.3 Å². The zero-order valence-electron chi connectivity index (χ0n) is 12.9. The van der Waals surface area contributed by atoms with Crippen LogP contribution in [0.25, 0.3) is 0 Å². The van der Waals surface area contributed by atoms with E-state index in [1.807, 2.05) is 0 Å². The van der Waals surface area contributed by atoms with Gasteiger partial charge in [0.1, 0.15) is 5.56 Å². The van der Waals surface area contributed by atoms with Gasteiger partial charge in [-0.3, -0.25) is 0 Å². The number of carbonyl (C=O) groups excluding carboxylic acids is 1. The van der Waals surface area contributed by atoms with Crippen molar-refractivity contribution < 1.29 is 45.3 Å². The van der Waals surface area contributed by atoms with Crippen molar-refractivity contribution in [3.63, 3.8) is 0 Å². The Morgan fingerprint density at radius 2 is 1.46 bits per heavy atom. The summed E-state index contributed by atoms with van der Waals surface area (Å²) < 4.78 is 92.3. The third-order valence-corrected chi connectivity index (χ3v) is 2.59. The van der Waals surface area contributed by atoms with Crippen LogP contribution in [0.4, 0.5) is 26.3 Å². The summed E-state index contributed by atoms with van der Waals surface area (Å²) in [4.78, 5) is 14.3. The molecule has 1 rings (SSSR count). The fraction of sp³-hybridized carbons (Fsp3) is 0.538. The molecule has 0 unspecified atom stereocenters. The van der Waals surface area contributed by atoms with Gasteiger partial charge in [0.2, 0.25) is 0 Å². The standard InChI is InChI=1S/C13H13F6NO4/c1-5(2)24-7-6(11(21)23-4)9(12(14,15)16)20-10(8(7)22-3)13(17,18)19/h5H,1-4H3. The summed E-state index contributed by atoms with van der Waals surface area (Å²) in [6.07, 6.45) is -11.5. The lowest BCUT2D eigenvalue weighted by Crippen LogP contribution is -2.24. The van der Waals surface area contributed by atoms with Crippen LogP contribution in [-0.4, -0.2) is 31.3 Å². The summed E-state index contributed by atoms with van der Waals surface area (Å²) in [5, 5.41) is 0. The highest BCUT2D eigenvalue weighted by molar-refractivity contribution is 5.95. The highest BCUT2D eigenvalue weighted by atomic mass is 19.4. The SMILES string of the molecule is COC(=O)c1c(C(F)(F)F)nc(C(F)(F)F)c(OC)c1OC(C)C. The molecule has 136 valence electrons. The lowest BCUT2D eigenvalue weighted by atomic mass is 10.1. The zero-order chi connectivity index (χ0) is 18.9. The molecule has 0 radical (unpaired) electrons. The van der Waals surface area contributed by atoms with E-state index in [0.717, 1.165) is 14.2 Å². The molecule has 0 N–H and O–H groups in total. The maximum Gasteiger partial charge on any atom is 0.437 e. The van der Waals surface area contributed by atoms with Gasteiger partial charge in [-0.05, 0) is 13.8 Å². The average Bonchev–Trinajstić information content (AvgIpc) is 2.42. The molecule has 0 saturated heterocycles. The van der Waals surface area contributed by atoms with Crippen molar-refractivity contribution >= 4 is 5.97 Å². The summed E-state index contributed by atoms with van der Waals surface area (Å²) in [6, 6.07) is 0. The van der Waals surface area contributed by atoms with Crippen molar-refractivity contribution in [3.8, 4) is 11.5 Å². The van der Waals surface area contributed by atoms with E-state index < -0.39 is 52.9 Å². The van der Waals surface area contributed by atoms with E-state index in [9.17, 15) is 31.1 Å². The number of rotatable bonds is 4. The molecule has 0 atom stereocenters. The predicted octanol–water partition coefficient (Wildman–Crippen LogP) is 3.70. The molecular weight excluding hydrogens is 348 g/mol. The Morgan fingerprint density at radius 1 is 0.958 bits per heavy atom. The molecule has 11 heteroatoms. The van der Waals surface area contributed by atoms with Crippen molar-refractivity contribution in [1.29, 1.82) is 0 Å². The predicted molar refractivity (Wildman–Crippen MR) is 67.9 cm³/mol. The molecule has 5 nitrogen and oxygen atoms in total. The molecule has 0 saturated carbocycles. The summed E-state index contributed by atoms with van der Waals surface area (Å²) in [5.41, 5.74) is -5.32. The van der Waals surface area contributed by atoms with Gasteiger partial charge in [-0.1, -0.05) is 0 Å². The average molecular weight is 361 g/mol. The molecule has 1 heterocycles. The first-order valence-corrected chi connectivity index (χ1v) is 6.35. The largest absolute Gasteiger partial charge is 0.491 e. The van der Waals surface area contributed by atoms with Crippen molar-refractivity contribution in [2.45, 2.75) is 32.3 Å². The van der Waals surface area contributed by atoms with Gasteiger partial charge in [0.15, 0.2) is 22.9 Å². The summed E-state index contributed by atoms with van der Waals surface area (Å²) in [6.45, 7) is 2.70. The second-order valence-electron chi connectivity index (χ2n) is 4.70. The molecule has 0 bridgehead atoms. The maximum atomic E-state index is 13.1. The molecule has 0 aliphatic heterocycles. The van der Waals surface area contributed by atoms with E-state index in [0.29, 0.717) is 0 Å². The van der Waals surface area contributed by atoms with E-state index in [1.165, 1.54) is 13.8 Å². The van der Waals surface area contributed by atoms with E-state index in [-0.39, 0.29) is 0 Å². The maximum absolute atomic E-state index is 13.1. The van der Waals surface area contributed by atoms with Gasteiger partial charge < -0.3 is 14.2 Å². The number of pyridine rings is 1. The summed E-state index contributed by atoms with van der Waals surface area (Å²) in [5.74, 6) is -3.73. The third kappa shape index (κ3) is 4.01. The Morgan fingerprint density at radius 3 is 1.79 bits per heavy atom. The van der Waals surface area contributed by atoms with E-state index in [2.05, 4.69) is 14.5 Å². The fourth-order valence-corrected chi connectivity index (χ4v) is 1.77. The van der Waals surface area contributed by atoms with Crippen LogP contribution in [0.1, 0.15) is 35.6 Å². The topological polar surface area (TPSA) is 57.7 Å². The van der Waals surface area contributed by atoms with Gasteiger partial charge in [0.25, 0.3) is 0 Å².